The number of rotatable bonds is 4. The third-order valence-electron chi connectivity index (χ3n) is 3.90. The average Bonchev–Trinajstić information content (AvgIpc) is 2.90. The summed E-state index contributed by atoms with van der Waals surface area (Å²) < 4.78 is 5.69. The van der Waals surface area contributed by atoms with Crippen LogP contribution in [0.3, 0.4) is 0 Å². The minimum atomic E-state index is -0.495. The van der Waals surface area contributed by atoms with Crippen LogP contribution in [0.1, 0.15) is 25.8 Å². The van der Waals surface area contributed by atoms with E-state index >= 15 is 0 Å². The van der Waals surface area contributed by atoms with Crippen molar-refractivity contribution in [2.24, 2.45) is 5.92 Å². The number of benzene rings is 1. The number of hydrogen-bond acceptors (Lipinski definition) is 3. The molecule has 4 heteroatoms. The predicted octanol–water partition coefficient (Wildman–Crippen LogP) is 1.99. The Bertz CT molecular complexity index is 455. The molecule has 20 heavy (non-hydrogen) atoms. The van der Waals surface area contributed by atoms with E-state index in [0.29, 0.717) is 18.8 Å². The van der Waals surface area contributed by atoms with Gasteiger partial charge in [-0.2, -0.15) is 0 Å². The second-order valence-electron chi connectivity index (χ2n) is 5.65. The maximum atomic E-state index is 12.3. The van der Waals surface area contributed by atoms with Gasteiger partial charge in [-0.1, -0.05) is 17.7 Å². The van der Waals surface area contributed by atoms with Crippen molar-refractivity contribution in [2.45, 2.75) is 39.4 Å². The first kappa shape index (κ1) is 14.9. The second kappa shape index (κ2) is 6.27. The van der Waals surface area contributed by atoms with Crippen LogP contribution in [0.15, 0.2) is 24.3 Å². The lowest BCUT2D eigenvalue weighted by atomic mass is 10.0. The first-order chi connectivity index (χ1) is 9.47. The van der Waals surface area contributed by atoms with Crippen molar-refractivity contribution in [3.8, 4) is 5.75 Å². The van der Waals surface area contributed by atoms with E-state index in [0.717, 1.165) is 12.0 Å². The molecule has 1 saturated heterocycles. The molecule has 110 valence electrons. The summed E-state index contributed by atoms with van der Waals surface area (Å²) in [5, 5.41) is 9.58. The quantitative estimate of drug-likeness (QED) is 0.915. The maximum absolute atomic E-state index is 12.3. The number of aryl methyl sites for hydroxylation is 1. The monoisotopic (exact) mass is 277 g/mol. The Kier molecular flexibility index (Phi) is 4.65. The van der Waals surface area contributed by atoms with Crippen LogP contribution in [0.5, 0.6) is 5.75 Å². The molecule has 2 rings (SSSR count). The molecule has 0 bridgehead atoms. The largest absolute Gasteiger partial charge is 0.481 e. The highest BCUT2D eigenvalue weighted by atomic mass is 16.5. The number of nitrogens with zero attached hydrogens (tertiary/aromatic N) is 1. The van der Waals surface area contributed by atoms with E-state index in [-0.39, 0.29) is 17.9 Å². The van der Waals surface area contributed by atoms with Gasteiger partial charge in [-0.3, -0.25) is 4.79 Å². The van der Waals surface area contributed by atoms with Crippen LogP contribution in [0, 0.1) is 12.8 Å². The fraction of sp³-hybridized carbons (Fsp3) is 0.562. The lowest BCUT2D eigenvalue weighted by Crippen LogP contribution is -2.39. The molecule has 0 aromatic heterocycles. The van der Waals surface area contributed by atoms with Crippen LogP contribution < -0.4 is 4.74 Å². The lowest BCUT2D eigenvalue weighted by Gasteiger charge is -2.22. The summed E-state index contributed by atoms with van der Waals surface area (Å²) in [5.74, 6) is 0.891. The van der Waals surface area contributed by atoms with E-state index < -0.39 is 6.10 Å². The summed E-state index contributed by atoms with van der Waals surface area (Å²) >= 11 is 0. The number of aliphatic hydroxyl groups is 1. The normalized spacial score (nSPS) is 21.6. The summed E-state index contributed by atoms with van der Waals surface area (Å²) in [5.41, 5.74) is 1.16. The van der Waals surface area contributed by atoms with Crippen molar-refractivity contribution in [2.75, 3.05) is 13.1 Å². The maximum Gasteiger partial charge on any atom is 0.263 e. The summed E-state index contributed by atoms with van der Waals surface area (Å²) in [6.07, 6.45) is 0.00674. The van der Waals surface area contributed by atoms with Gasteiger partial charge in [0.2, 0.25) is 0 Å². The van der Waals surface area contributed by atoms with Gasteiger partial charge in [-0.25, -0.2) is 0 Å². The van der Waals surface area contributed by atoms with E-state index in [1.807, 2.05) is 31.2 Å². The molecular weight excluding hydrogens is 254 g/mol. The van der Waals surface area contributed by atoms with Gasteiger partial charge in [0.25, 0.3) is 5.91 Å². The minimum absolute atomic E-state index is 0.00581. The Morgan fingerprint density at radius 1 is 1.35 bits per heavy atom. The van der Waals surface area contributed by atoms with Crippen molar-refractivity contribution in [1.82, 2.24) is 4.90 Å². The molecule has 1 N–H and O–H groups in total. The molecule has 0 saturated carbocycles. The van der Waals surface area contributed by atoms with E-state index in [1.54, 1.807) is 18.7 Å². The van der Waals surface area contributed by atoms with Crippen molar-refractivity contribution >= 4 is 5.91 Å². The van der Waals surface area contributed by atoms with Gasteiger partial charge in [0.05, 0.1) is 6.10 Å². The topological polar surface area (TPSA) is 49.8 Å². The van der Waals surface area contributed by atoms with Crippen LogP contribution in [0.2, 0.25) is 0 Å². The zero-order chi connectivity index (χ0) is 14.7. The molecule has 1 aromatic carbocycles. The molecule has 1 amide bonds. The van der Waals surface area contributed by atoms with Crippen molar-refractivity contribution in [1.29, 1.82) is 0 Å². The number of carbonyl (C=O) groups excluding carboxylic acids is 1. The summed E-state index contributed by atoms with van der Waals surface area (Å²) in [6.45, 7) is 6.90. The van der Waals surface area contributed by atoms with E-state index in [1.165, 1.54) is 0 Å². The Morgan fingerprint density at radius 3 is 2.55 bits per heavy atom. The molecule has 0 radical (unpaired) electrons. The van der Waals surface area contributed by atoms with Gasteiger partial charge in [-0.15, -0.1) is 0 Å². The van der Waals surface area contributed by atoms with Crippen LogP contribution in [-0.2, 0) is 4.79 Å². The Labute approximate surface area is 120 Å². The van der Waals surface area contributed by atoms with Gasteiger partial charge in [0, 0.05) is 19.0 Å². The molecular formula is C16H23NO3. The number of likely N-dealkylation sites (tertiary alicyclic amines) is 1. The van der Waals surface area contributed by atoms with E-state index in [4.69, 9.17) is 4.74 Å². The standard InChI is InChI=1S/C16H23NO3/c1-11-4-6-15(7-5-11)20-13(3)16(19)17-9-8-14(10-17)12(2)18/h4-7,12-14,18H,8-10H2,1-3H3. The smallest absolute Gasteiger partial charge is 0.263 e. The number of aliphatic hydroxyl groups excluding tert-OH is 1. The van der Waals surface area contributed by atoms with Crippen LogP contribution in [0.4, 0.5) is 0 Å². The van der Waals surface area contributed by atoms with Crippen molar-refractivity contribution in [3.63, 3.8) is 0 Å². The van der Waals surface area contributed by atoms with Gasteiger partial charge in [0.15, 0.2) is 6.10 Å². The highest BCUT2D eigenvalue weighted by Gasteiger charge is 2.31. The van der Waals surface area contributed by atoms with Crippen molar-refractivity contribution in [3.05, 3.63) is 29.8 Å². The molecule has 4 nitrogen and oxygen atoms in total. The van der Waals surface area contributed by atoms with Gasteiger partial charge in [-0.05, 0) is 39.3 Å². The summed E-state index contributed by atoms with van der Waals surface area (Å²) in [6, 6.07) is 7.68. The molecule has 1 aliphatic rings. The average molecular weight is 277 g/mol. The lowest BCUT2D eigenvalue weighted by molar-refractivity contribution is -0.137. The first-order valence-corrected chi connectivity index (χ1v) is 7.17. The predicted molar refractivity (Wildman–Crippen MR) is 77.6 cm³/mol. The Hall–Kier alpha value is -1.55. The molecule has 3 unspecified atom stereocenters. The third-order valence-corrected chi connectivity index (χ3v) is 3.90. The summed E-state index contributed by atoms with van der Waals surface area (Å²) in [4.78, 5) is 14.1. The zero-order valence-corrected chi connectivity index (χ0v) is 12.4. The minimum Gasteiger partial charge on any atom is -0.481 e. The highest BCUT2D eigenvalue weighted by Crippen LogP contribution is 2.21. The molecule has 3 atom stereocenters. The molecule has 1 heterocycles. The van der Waals surface area contributed by atoms with E-state index in [2.05, 4.69) is 0 Å². The molecule has 1 fully saturated rings. The Balaban J connectivity index is 1.91. The summed E-state index contributed by atoms with van der Waals surface area (Å²) in [7, 11) is 0. The highest BCUT2D eigenvalue weighted by molar-refractivity contribution is 5.81. The van der Waals surface area contributed by atoms with Crippen molar-refractivity contribution < 1.29 is 14.6 Å². The van der Waals surface area contributed by atoms with Gasteiger partial charge in [0.1, 0.15) is 5.75 Å². The number of carbonyl (C=O) groups is 1. The number of amides is 1. The molecule has 1 aliphatic heterocycles. The zero-order valence-electron chi connectivity index (χ0n) is 12.4. The molecule has 1 aromatic rings. The Morgan fingerprint density at radius 2 is 2.00 bits per heavy atom. The van der Waals surface area contributed by atoms with Crippen LogP contribution in [0.25, 0.3) is 0 Å². The number of hydrogen-bond donors (Lipinski definition) is 1. The van der Waals surface area contributed by atoms with Crippen LogP contribution >= 0.6 is 0 Å². The van der Waals surface area contributed by atoms with Gasteiger partial charge < -0.3 is 14.7 Å². The van der Waals surface area contributed by atoms with Gasteiger partial charge >= 0.3 is 0 Å². The fourth-order valence-electron chi connectivity index (χ4n) is 2.51. The van der Waals surface area contributed by atoms with E-state index in [9.17, 15) is 9.90 Å². The molecule has 0 aliphatic carbocycles. The fourth-order valence-corrected chi connectivity index (χ4v) is 2.51. The first-order valence-electron chi connectivity index (χ1n) is 7.17. The van der Waals surface area contributed by atoms with Crippen LogP contribution in [-0.4, -0.2) is 41.2 Å². The SMILES string of the molecule is Cc1ccc(OC(C)C(=O)N2CCC(C(C)O)C2)cc1. The molecule has 0 spiro atoms. The second-order valence-corrected chi connectivity index (χ2v) is 5.65. The third kappa shape index (κ3) is 3.51. The number of ether oxygens (including phenoxy) is 1.